The second kappa shape index (κ2) is 10.1. The Morgan fingerprint density at radius 2 is 1.97 bits per heavy atom. The van der Waals surface area contributed by atoms with Gasteiger partial charge in [0.15, 0.2) is 5.13 Å². The number of aromatic nitrogens is 1. The minimum atomic E-state index is -3.66. The number of carbonyl (C=O) groups is 1. The molecule has 1 amide bonds. The van der Waals surface area contributed by atoms with Crippen LogP contribution in [0, 0.1) is 12.8 Å². The summed E-state index contributed by atoms with van der Waals surface area (Å²) in [6, 6.07) is 12.3. The molecule has 0 spiro atoms. The number of hydrogen-bond acceptors (Lipinski definition) is 7. The Kier molecular flexibility index (Phi) is 7.20. The molecule has 8 nitrogen and oxygen atoms in total. The Bertz CT molecular complexity index is 1270. The number of benzene rings is 2. The van der Waals surface area contributed by atoms with Gasteiger partial charge in [0.1, 0.15) is 5.75 Å². The third kappa shape index (κ3) is 5.08. The van der Waals surface area contributed by atoms with Crippen molar-refractivity contribution >= 4 is 38.1 Å². The summed E-state index contributed by atoms with van der Waals surface area (Å²) >= 11 is 1.49. The molecule has 1 aliphatic rings. The van der Waals surface area contributed by atoms with Gasteiger partial charge in [-0.25, -0.2) is 13.4 Å². The first-order chi connectivity index (χ1) is 16.3. The van der Waals surface area contributed by atoms with Gasteiger partial charge in [0.2, 0.25) is 15.9 Å². The van der Waals surface area contributed by atoms with E-state index in [1.54, 1.807) is 37.4 Å². The van der Waals surface area contributed by atoms with Crippen LogP contribution in [-0.4, -0.2) is 50.9 Å². The van der Waals surface area contributed by atoms with Gasteiger partial charge in [0.25, 0.3) is 0 Å². The highest BCUT2D eigenvalue weighted by Crippen LogP contribution is 2.33. The monoisotopic (exact) mass is 500 g/mol. The number of anilines is 2. The number of hydrogen-bond donors (Lipinski definition) is 2. The van der Waals surface area contributed by atoms with Crippen LogP contribution in [0.15, 0.2) is 52.7 Å². The molecule has 180 valence electrons. The number of sulfonamides is 1. The molecular weight excluding hydrogens is 472 g/mol. The van der Waals surface area contributed by atoms with E-state index in [1.807, 2.05) is 31.5 Å². The number of nitrogens with one attached hydrogen (secondary N) is 2. The molecule has 1 aromatic heterocycles. The van der Waals surface area contributed by atoms with E-state index in [0.29, 0.717) is 30.8 Å². The van der Waals surface area contributed by atoms with Gasteiger partial charge in [-0.3, -0.25) is 4.79 Å². The lowest BCUT2D eigenvalue weighted by Gasteiger charge is -2.31. The van der Waals surface area contributed by atoms with Crippen molar-refractivity contribution in [3.05, 3.63) is 53.4 Å². The zero-order valence-electron chi connectivity index (χ0n) is 19.4. The first-order valence-corrected chi connectivity index (χ1v) is 13.3. The van der Waals surface area contributed by atoms with Crippen LogP contribution >= 0.6 is 11.3 Å². The number of carbonyl (C=O) groups excluding carboxylic acids is 1. The smallest absolute Gasteiger partial charge is 0.243 e. The van der Waals surface area contributed by atoms with Crippen LogP contribution in [0.3, 0.4) is 0 Å². The maximum atomic E-state index is 13.2. The summed E-state index contributed by atoms with van der Waals surface area (Å²) in [4.78, 5) is 17.9. The summed E-state index contributed by atoms with van der Waals surface area (Å²) in [6.45, 7) is 2.45. The Labute approximate surface area is 204 Å². The second-order valence-corrected chi connectivity index (χ2v) is 11.0. The number of thiazole rings is 1. The highest BCUT2D eigenvalue weighted by Gasteiger charge is 2.33. The molecule has 0 radical (unpaired) electrons. The van der Waals surface area contributed by atoms with Crippen LogP contribution < -0.4 is 15.4 Å². The topological polar surface area (TPSA) is 101 Å². The predicted octanol–water partition coefficient (Wildman–Crippen LogP) is 4.21. The molecule has 4 rings (SSSR count). The van der Waals surface area contributed by atoms with E-state index >= 15 is 0 Å². The molecule has 1 fully saturated rings. The van der Waals surface area contributed by atoms with Gasteiger partial charge in [0, 0.05) is 31.1 Å². The number of nitrogens with zero attached hydrogens (tertiary/aromatic N) is 2. The van der Waals surface area contributed by atoms with Crippen LogP contribution in [0.1, 0.15) is 18.4 Å². The first kappa shape index (κ1) is 24.2. The fourth-order valence-electron chi connectivity index (χ4n) is 3.95. The highest BCUT2D eigenvalue weighted by molar-refractivity contribution is 7.89. The first-order valence-electron chi connectivity index (χ1n) is 11.0. The predicted molar refractivity (Wildman–Crippen MR) is 135 cm³/mol. The van der Waals surface area contributed by atoms with Gasteiger partial charge < -0.3 is 15.4 Å². The van der Waals surface area contributed by atoms with E-state index in [0.717, 1.165) is 22.0 Å². The van der Waals surface area contributed by atoms with Crippen molar-refractivity contribution in [2.75, 3.05) is 37.9 Å². The van der Waals surface area contributed by atoms with Crippen molar-refractivity contribution in [2.45, 2.75) is 24.7 Å². The van der Waals surface area contributed by atoms with Crippen LogP contribution in [0.5, 0.6) is 5.75 Å². The maximum Gasteiger partial charge on any atom is 0.243 e. The molecule has 1 saturated heterocycles. The van der Waals surface area contributed by atoms with Gasteiger partial charge in [-0.2, -0.15) is 4.31 Å². The summed E-state index contributed by atoms with van der Waals surface area (Å²) < 4.78 is 33.1. The van der Waals surface area contributed by atoms with Crippen molar-refractivity contribution in [2.24, 2.45) is 5.92 Å². The summed E-state index contributed by atoms with van der Waals surface area (Å²) in [5.74, 6) is -0.160. The SMILES string of the molecule is CNc1nc(-c2ccc(OC)c(NC(=O)[C@H]3CCCN(S(=O)(=O)c4ccc(C)cc4)C3)c2)cs1. The minimum absolute atomic E-state index is 0.141. The van der Waals surface area contributed by atoms with Crippen molar-refractivity contribution in [1.82, 2.24) is 9.29 Å². The van der Waals surface area contributed by atoms with Gasteiger partial charge >= 0.3 is 0 Å². The number of piperidine rings is 1. The van der Waals surface area contributed by atoms with E-state index in [4.69, 9.17) is 4.74 Å². The van der Waals surface area contributed by atoms with E-state index in [2.05, 4.69) is 15.6 Å². The molecule has 3 aromatic rings. The van der Waals surface area contributed by atoms with Gasteiger partial charge in [-0.05, 0) is 50.1 Å². The van der Waals surface area contributed by atoms with Crippen LogP contribution in [0.25, 0.3) is 11.3 Å². The average Bonchev–Trinajstić information content (AvgIpc) is 3.34. The number of amides is 1. The Balaban J connectivity index is 1.52. The minimum Gasteiger partial charge on any atom is -0.495 e. The largest absolute Gasteiger partial charge is 0.495 e. The summed E-state index contributed by atoms with van der Waals surface area (Å²) in [7, 11) is -0.299. The molecule has 0 saturated carbocycles. The molecule has 1 aliphatic heterocycles. The van der Waals surface area contributed by atoms with Crippen molar-refractivity contribution in [3.63, 3.8) is 0 Å². The molecule has 2 N–H and O–H groups in total. The molecule has 2 aromatic carbocycles. The van der Waals surface area contributed by atoms with Gasteiger partial charge in [-0.15, -0.1) is 11.3 Å². The summed E-state index contributed by atoms with van der Waals surface area (Å²) in [6.07, 6.45) is 1.23. The highest BCUT2D eigenvalue weighted by atomic mass is 32.2. The maximum absolute atomic E-state index is 13.2. The number of aryl methyl sites for hydroxylation is 1. The lowest BCUT2D eigenvalue weighted by Crippen LogP contribution is -2.43. The van der Waals surface area contributed by atoms with Crippen LogP contribution in [0.4, 0.5) is 10.8 Å². The zero-order chi connectivity index (χ0) is 24.3. The lowest BCUT2D eigenvalue weighted by atomic mass is 9.98. The Morgan fingerprint density at radius 3 is 2.65 bits per heavy atom. The molecule has 10 heteroatoms. The van der Waals surface area contributed by atoms with E-state index in [-0.39, 0.29) is 17.3 Å². The lowest BCUT2D eigenvalue weighted by molar-refractivity contribution is -0.120. The third-order valence-electron chi connectivity index (χ3n) is 5.88. The summed E-state index contributed by atoms with van der Waals surface area (Å²) in [5, 5.41) is 8.71. The van der Waals surface area contributed by atoms with E-state index in [9.17, 15) is 13.2 Å². The molecule has 0 aliphatic carbocycles. The second-order valence-electron chi connectivity index (χ2n) is 8.21. The molecule has 1 atom stereocenters. The normalized spacial score (nSPS) is 16.7. The van der Waals surface area contributed by atoms with Crippen molar-refractivity contribution in [3.8, 4) is 17.0 Å². The standard InChI is InChI=1S/C24H28N4O4S2/c1-16-6-9-19(10-7-16)34(30,31)28-12-4-5-18(14-28)23(29)26-20-13-17(8-11-22(20)32-3)21-15-33-24(25-2)27-21/h6-11,13,15,18H,4-5,12,14H2,1-3H3,(H,25,27)(H,26,29)/t18-/m0/s1. The fraction of sp³-hybridized carbons (Fsp3) is 0.333. The Morgan fingerprint density at radius 1 is 1.21 bits per heavy atom. The average molecular weight is 501 g/mol. The van der Waals surface area contributed by atoms with Crippen molar-refractivity contribution < 1.29 is 17.9 Å². The van der Waals surface area contributed by atoms with Crippen LogP contribution in [0.2, 0.25) is 0 Å². The van der Waals surface area contributed by atoms with Crippen LogP contribution in [-0.2, 0) is 14.8 Å². The third-order valence-corrected chi connectivity index (χ3v) is 8.62. The Hall–Kier alpha value is -2.95. The number of methoxy groups -OCH3 is 1. The molecule has 0 bridgehead atoms. The molecular formula is C24H28N4O4S2. The van der Waals surface area contributed by atoms with E-state index < -0.39 is 15.9 Å². The zero-order valence-corrected chi connectivity index (χ0v) is 21.0. The molecule has 2 heterocycles. The van der Waals surface area contributed by atoms with Gasteiger partial charge in [0.05, 0.1) is 29.3 Å². The fourth-order valence-corrected chi connectivity index (χ4v) is 6.16. The number of rotatable bonds is 7. The quantitative estimate of drug-likeness (QED) is 0.504. The van der Waals surface area contributed by atoms with Gasteiger partial charge in [-0.1, -0.05) is 17.7 Å². The van der Waals surface area contributed by atoms with Crippen molar-refractivity contribution in [1.29, 1.82) is 0 Å². The number of ether oxygens (including phenoxy) is 1. The molecule has 34 heavy (non-hydrogen) atoms. The molecule has 0 unspecified atom stereocenters. The van der Waals surface area contributed by atoms with E-state index in [1.165, 1.54) is 15.6 Å². The summed E-state index contributed by atoms with van der Waals surface area (Å²) in [5.41, 5.74) is 3.16.